The monoisotopic (exact) mass is 293 g/mol. The average molecular weight is 293 g/mol. The highest BCUT2D eigenvalue weighted by Gasteiger charge is 2.20. The molecule has 1 aliphatic heterocycles. The highest BCUT2D eigenvalue weighted by atomic mass is 16.6. The number of likely N-dealkylation sites (N-methyl/N-ethyl adjacent to an activating group) is 1. The van der Waals surface area contributed by atoms with E-state index in [2.05, 4.69) is 5.43 Å². The van der Waals surface area contributed by atoms with Gasteiger partial charge >= 0.3 is 0 Å². The van der Waals surface area contributed by atoms with Crippen LogP contribution in [0.25, 0.3) is 0 Å². The lowest BCUT2D eigenvalue weighted by atomic mass is 10.1. The van der Waals surface area contributed by atoms with Gasteiger partial charge < -0.3 is 10.3 Å². The number of hydrogen-bond donors (Lipinski definition) is 2. The quantitative estimate of drug-likeness (QED) is 0.477. The molecule has 8 heteroatoms. The normalized spacial score (nSPS) is 16.7. The summed E-state index contributed by atoms with van der Waals surface area (Å²) in [5.74, 6) is 5.50. The Morgan fingerprint density at radius 2 is 2.19 bits per heavy atom. The molecule has 1 aromatic rings. The smallest absolute Gasteiger partial charge is 0.269 e. The third-order valence-corrected chi connectivity index (χ3v) is 3.60. The van der Waals surface area contributed by atoms with Crippen molar-refractivity contribution in [3.05, 3.63) is 33.9 Å². The number of nitro benzene ring substituents is 1. The molecule has 2 rings (SSSR count). The molecule has 0 atom stereocenters. The van der Waals surface area contributed by atoms with Crippen molar-refractivity contribution < 1.29 is 9.72 Å². The topological polar surface area (TPSA) is 105 Å². The molecule has 3 N–H and O–H groups in total. The first-order valence-corrected chi connectivity index (χ1v) is 6.71. The number of nitrogens with two attached hydrogens (primary N) is 1. The molecule has 1 amide bonds. The van der Waals surface area contributed by atoms with Crippen LogP contribution in [0.4, 0.5) is 11.4 Å². The Hall–Kier alpha value is -2.19. The SMILES string of the molecule is CN1CCCN(Cc2cc([N+](=O)[O-])ccc2NN)CC1=O. The lowest BCUT2D eigenvalue weighted by molar-refractivity contribution is -0.384. The van der Waals surface area contributed by atoms with Gasteiger partial charge in [0.05, 0.1) is 17.2 Å². The zero-order chi connectivity index (χ0) is 15.4. The second-order valence-corrected chi connectivity index (χ2v) is 5.12. The summed E-state index contributed by atoms with van der Waals surface area (Å²) in [5.41, 5.74) is 3.90. The number of amides is 1. The maximum atomic E-state index is 11.9. The second kappa shape index (κ2) is 6.51. The van der Waals surface area contributed by atoms with Gasteiger partial charge in [-0.1, -0.05) is 0 Å². The molecule has 0 unspecified atom stereocenters. The first-order chi connectivity index (χ1) is 10.0. The van der Waals surface area contributed by atoms with E-state index in [0.717, 1.165) is 19.5 Å². The molecule has 1 saturated heterocycles. The van der Waals surface area contributed by atoms with Crippen molar-refractivity contribution in [3.8, 4) is 0 Å². The summed E-state index contributed by atoms with van der Waals surface area (Å²) in [4.78, 5) is 26.0. The fourth-order valence-corrected chi connectivity index (χ4v) is 2.39. The minimum absolute atomic E-state index is 0.0160. The van der Waals surface area contributed by atoms with Gasteiger partial charge in [0, 0.05) is 38.8 Å². The molecule has 21 heavy (non-hydrogen) atoms. The minimum atomic E-state index is -0.439. The van der Waals surface area contributed by atoms with Crippen LogP contribution in [0.2, 0.25) is 0 Å². The first kappa shape index (κ1) is 15.2. The molecule has 0 spiro atoms. The van der Waals surface area contributed by atoms with Gasteiger partial charge in [-0.2, -0.15) is 0 Å². The molecule has 1 fully saturated rings. The summed E-state index contributed by atoms with van der Waals surface area (Å²) in [7, 11) is 1.78. The fraction of sp³-hybridized carbons (Fsp3) is 0.462. The summed E-state index contributed by atoms with van der Waals surface area (Å²) in [6.07, 6.45) is 0.878. The van der Waals surface area contributed by atoms with E-state index in [1.54, 1.807) is 18.0 Å². The third-order valence-electron chi connectivity index (χ3n) is 3.60. The maximum absolute atomic E-state index is 11.9. The van der Waals surface area contributed by atoms with E-state index in [1.807, 2.05) is 4.90 Å². The van der Waals surface area contributed by atoms with Crippen molar-refractivity contribution in [2.45, 2.75) is 13.0 Å². The molecule has 0 saturated carbocycles. The van der Waals surface area contributed by atoms with E-state index in [0.29, 0.717) is 24.3 Å². The number of nitrogens with one attached hydrogen (secondary N) is 1. The first-order valence-electron chi connectivity index (χ1n) is 6.71. The van der Waals surface area contributed by atoms with E-state index in [-0.39, 0.29) is 11.6 Å². The second-order valence-electron chi connectivity index (χ2n) is 5.12. The Labute approximate surface area is 122 Å². The number of nitrogen functional groups attached to an aromatic ring is 1. The number of nitrogens with zero attached hydrogens (tertiary/aromatic N) is 3. The van der Waals surface area contributed by atoms with Crippen LogP contribution in [0, 0.1) is 10.1 Å². The number of nitro groups is 1. The Balaban J connectivity index is 2.19. The van der Waals surface area contributed by atoms with Gasteiger partial charge in [0.2, 0.25) is 5.91 Å². The molecule has 114 valence electrons. The molecule has 8 nitrogen and oxygen atoms in total. The zero-order valence-electron chi connectivity index (χ0n) is 11.9. The molecular weight excluding hydrogens is 274 g/mol. The van der Waals surface area contributed by atoms with E-state index in [1.165, 1.54) is 12.1 Å². The number of rotatable bonds is 4. The van der Waals surface area contributed by atoms with Gasteiger partial charge in [-0.05, 0) is 18.1 Å². The number of carbonyl (C=O) groups is 1. The summed E-state index contributed by atoms with van der Waals surface area (Å²) < 4.78 is 0. The van der Waals surface area contributed by atoms with Crippen LogP contribution in [0.15, 0.2) is 18.2 Å². The molecule has 0 radical (unpaired) electrons. The van der Waals surface area contributed by atoms with Crippen molar-refractivity contribution in [2.24, 2.45) is 5.84 Å². The average Bonchev–Trinajstić information content (AvgIpc) is 2.61. The van der Waals surface area contributed by atoms with Crippen molar-refractivity contribution in [1.82, 2.24) is 9.80 Å². The predicted molar refractivity (Wildman–Crippen MR) is 78.4 cm³/mol. The maximum Gasteiger partial charge on any atom is 0.269 e. The van der Waals surface area contributed by atoms with Crippen LogP contribution in [0.3, 0.4) is 0 Å². The number of benzene rings is 1. The standard InChI is InChI=1S/C13H19N5O3/c1-16-5-2-6-17(9-13(16)19)8-10-7-11(18(20)21)3-4-12(10)15-14/h3-4,7,15H,2,5-6,8-9,14H2,1H3. The molecular formula is C13H19N5O3. The molecule has 0 aromatic heterocycles. The summed E-state index contributed by atoms with van der Waals surface area (Å²) in [6.45, 7) is 2.25. The molecule has 1 heterocycles. The van der Waals surface area contributed by atoms with Gasteiger partial charge in [0.1, 0.15) is 0 Å². The van der Waals surface area contributed by atoms with Crippen molar-refractivity contribution in [3.63, 3.8) is 0 Å². The van der Waals surface area contributed by atoms with Crippen LogP contribution >= 0.6 is 0 Å². The Bertz CT molecular complexity index is 549. The van der Waals surface area contributed by atoms with Crippen molar-refractivity contribution in [1.29, 1.82) is 0 Å². The number of carbonyl (C=O) groups excluding carboxylic acids is 1. The lowest BCUT2D eigenvalue weighted by Gasteiger charge is -2.20. The van der Waals surface area contributed by atoms with Crippen LogP contribution in [0.5, 0.6) is 0 Å². The predicted octanol–water partition coefficient (Wildman–Crippen LogP) is 0.544. The van der Waals surface area contributed by atoms with E-state index in [9.17, 15) is 14.9 Å². The molecule has 0 aliphatic carbocycles. The number of hydrazine groups is 1. The van der Waals surface area contributed by atoms with E-state index < -0.39 is 4.92 Å². The minimum Gasteiger partial charge on any atom is -0.345 e. The number of non-ortho nitro benzene ring substituents is 1. The zero-order valence-corrected chi connectivity index (χ0v) is 11.9. The van der Waals surface area contributed by atoms with E-state index >= 15 is 0 Å². The summed E-state index contributed by atoms with van der Waals surface area (Å²) >= 11 is 0. The van der Waals surface area contributed by atoms with Crippen molar-refractivity contribution >= 4 is 17.3 Å². The highest BCUT2D eigenvalue weighted by Crippen LogP contribution is 2.23. The van der Waals surface area contributed by atoms with Crippen LogP contribution in [-0.2, 0) is 11.3 Å². The van der Waals surface area contributed by atoms with Crippen LogP contribution in [0.1, 0.15) is 12.0 Å². The summed E-state index contributed by atoms with van der Waals surface area (Å²) in [5, 5.41) is 10.9. The molecule has 0 bridgehead atoms. The van der Waals surface area contributed by atoms with Crippen LogP contribution in [-0.4, -0.2) is 47.3 Å². The largest absolute Gasteiger partial charge is 0.345 e. The van der Waals surface area contributed by atoms with Gasteiger partial charge in [-0.25, -0.2) is 0 Å². The Kier molecular flexibility index (Phi) is 4.71. The van der Waals surface area contributed by atoms with Gasteiger partial charge in [0.15, 0.2) is 0 Å². The van der Waals surface area contributed by atoms with E-state index in [4.69, 9.17) is 5.84 Å². The van der Waals surface area contributed by atoms with Gasteiger partial charge in [-0.15, -0.1) is 0 Å². The molecule has 1 aliphatic rings. The van der Waals surface area contributed by atoms with Crippen molar-refractivity contribution in [2.75, 3.05) is 32.1 Å². The van der Waals surface area contributed by atoms with Gasteiger partial charge in [0.25, 0.3) is 5.69 Å². The highest BCUT2D eigenvalue weighted by molar-refractivity contribution is 5.78. The number of anilines is 1. The van der Waals surface area contributed by atoms with Crippen LogP contribution < -0.4 is 11.3 Å². The third kappa shape index (κ3) is 3.67. The molecule has 1 aromatic carbocycles. The summed E-state index contributed by atoms with van der Waals surface area (Å²) in [6, 6.07) is 4.48. The lowest BCUT2D eigenvalue weighted by Crippen LogP contribution is -2.34. The Morgan fingerprint density at radius 1 is 1.43 bits per heavy atom. The fourth-order valence-electron chi connectivity index (χ4n) is 2.39. The number of hydrogen-bond acceptors (Lipinski definition) is 6. The van der Waals surface area contributed by atoms with Gasteiger partial charge in [-0.3, -0.25) is 25.7 Å². The Morgan fingerprint density at radius 3 is 2.86 bits per heavy atom.